The van der Waals surface area contributed by atoms with Gasteiger partial charge in [-0.25, -0.2) is 4.98 Å². The number of carbonyl (C=O) groups excluding carboxylic acids is 3. The summed E-state index contributed by atoms with van der Waals surface area (Å²) >= 11 is 0. The number of benzene rings is 1. The predicted molar refractivity (Wildman–Crippen MR) is 125 cm³/mol. The van der Waals surface area contributed by atoms with Crippen molar-refractivity contribution in [1.82, 2.24) is 10.3 Å². The van der Waals surface area contributed by atoms with Gasteiger partial charge in [-0.3, -0.25) is 14.4 Å². The molecule has 5 N–H and O–H groups in total. The number of aromatic nitrogens is 1. The molecule has 3 heterocycles. The van der Waals surface area contributed by atoms with E-state index in [2.05, 4.69) is 15.2 Å². The number of nitrogens with one attached hydrogen (secondary N) is 1. The Hall–Kier alpha value is -3.42. The minimum absolute atomic E-state index is 0.0541. The number of amides is 2. The Labute approximate surface area is 192 Å². The molecular formula is C25H29N5O3. The van der Waals surface area contributed by atoms with Gasteiger partial charge in [0.1, 0.15) is 5.82 Å². The molecule has 33 heavy (non-hydrogen) atoms. The standard InChI is InChI=1S/C25H29N5O3/c1-13-8-20(24(27)32)21(26)11-19(13)25(33)29-16-9-17-5-6-18(10-16)30(17)22-7-4-15(12-28-22)23(31)14-2-3-14/h4,7-8,11-12,14,16-18H,2-3,5-6,9-10,26H2,1H3,(H2,27,32)(H,29,33)/t16-,17+,18-. The van der Waals surface area contributed by atoms with Gasteiger partial charge >= 0.3 is 0 Å². The summed E-state index contributed by atoms with van der Waals surface area (Å²) in [5.41, 5.74) is 13.6. The third-order valence-corrected chi connectivity index (χ3v) is 7.22. The van der Waals surface area contributed by atoms with Crippen LogP contribution in [0, 0.1) is 12.8 Å². The van der Waals surface area contributed by atoms with Gasteiger partial charge in [0.25, 0.3) is 11.8 Å². The van der Waals surface area contributed by atoms with Crippen molar-refractivity contribution in [2.24, 2.45) is 11.7 Å². The fraction of sp³-hybridized carbons (Fsp3) is 0.440. The summed E-state index contributed by atoms with van der Waals surface area (Å²) in [5, 5.41) is 3.17. The number of carbonyl (C=O) groups is 3. The summed E-state index contributed by atoms with van der Waals surface area (Å²) in [6, 6.07) is 7.62. The van der Waals surface area contributed by atoms with Gasteiger partial charge in [-0.15, -0.1) is 0 Å². The fourth-order valence-electron chi connectivity index (χ4n) is 5.38. The number of primary amides is 1. The fourth-order valence-corrected chi connectivity index (χ4v) is 5.38. The van der Waals surface area contributed by atoms with Crippen LogP contribution >= 0.6 is 0 Å². The quantitative estimate of drug-likeness (QED) is 0.461. The van der Waals surface area contributed by atoms with Gasteiger partial charge in [-0.05, 0) is 75.3 Å². The van der Waals surface area contributed by atoms with E-state index >= 15 is 0 Å². The van der Waals surface area contributed by atoms with Crippen LogP contribution in [0.3, 0.4) is 0 Å². The SMILES string of the molecule is Cc1cc(C(N)=O)c(N)cc1C(=O)N[C@H]1C[C@H]2CC[C@@H](C1)N2c1ccc(C(=O)C2CC2)cn1. The molecule has 0 radical (unpaired) electrons. The molecule has 1 saturated carbocycles. The van der Waals surface area contributed by atoms with E-state index < -0.39 is 5.91 Å². The maximum Gasteiger partial charge on any atom is 0.251 e. The van der Waals surface area contributed by atoms with Crippen LogP contribution in [0.15, 0.2) is 30.5 Å². The van der Waals surface area contributed by atoms with Crippen LogP contribution in [-0.2, 0) is 0 Å². The van der Waals surface area contributed by atoms with Crippen molar-refractivity contribution in [3.8, 4) is 0 Å². The van der Waals surface area contributed by atoms with Crippen molar-refractivity contribution in [1.29, 1.82) is 0 Å². The Kier molecular flexibility index (Phi) is 5.31. The number of nitrogen functional groups attached to an aromatic ring is 1. The number of nitrogens with two attached hydrogens (primary N) is 2. The lowest BCUT2D eigenvalue weighted by Gasteiger charge is -2.40. The smallest absolute Gasteiger partial charge is 0.251 e. The number of Topliss-reactive ketones (excluding diaryl/α,β-unsaturated/α-hetero) is 1. The highest BCUT2D eigenvalue weighted by molar-refractivity contribution is 6.02. The first kappa shape index (κ1) is 21.4. The lowest BCUT2D eigenvalue weighted by Crippen LogP contribution is -2.50. The highest BCUT2D eigenvalue weighted by atomic mass is 16.2. The van der Waals surface area contributed by atoms with E-state index in [0.717, 1.165) is 44.3 Å². The molecule has 2 saturated heterocycles. The molecule has 1 aromatic heterocycles. The predicted octanol–water partition coefficient (Wildman–Crippen LogP) is 2.59. The van der Waals surface area contributed by atoms with E-state index in [-0.39, 0.29) is 34.9 Å². The van der Waals surface area contributed by atoms with Gasteiger partial charge in [0.05, 0.1) is 5.56 Å². The summed E-state index contributed by atoms with van der Waals surface area (Å²) < 4.78 is 0. The lowest BCUT2D eigenvalue weighted by molar-refractivity contribution is 0.0923. The Bertz CT molecular complexity index is 1110. The van der Waals surface area contributed by atoms with E-state index in [0.29, 0.717) is 28.8 Å². The van der Waals surface area contributed by atoms with Gasteiger partial charge in [0.15, 0.2) is 5.78 Å². The molecule has 1 aliphatic carbocycles. The van der Waals surface area contributed by atoms with Crippen LogP contribution in [0.5, 0.6) is 0 Å². The lowest BCUT2D eigenvalue weighted by atomic mass is 9.96. The van der Waals surface area contributed by atoms with Gasteiger partial charge in [0.2, 0.25) is 0 Å². The third-order valence-electron chi connectivity index (χ3n) is 7.22. The van der Waals surface area contributed by atoms with Gasteiger partial charge in [0, 0.05) is 47.1 Å². The molecule has 3 aliphatic rings. The van der Waals surface area contributed by atoms with Gasteiger partial charge < -0.3 is 21.7 Å². The molecule has 8 heteroatoms. The van der Waals surface area contributed by atoms with E-state index in [1.54, 1.807) is 19.2 Å². The average molecular weight is 448 g/mol. The maximum atomic E-state index is 13.0. The molecule has 172 valence electrons. The monoisotopic (exact) mass is 447 g/mol. The summed E-state index contributed by atoms with van der Waals surface area (Å²) in [7, 11) is 0. The largest absolute Gasteiger partial charge is 0.398 e. The first-order valence-electron chi connectivity index (χ1n) is 11.6. The second-order valence-electron chi connectivity index (χ2n) is 9.60. The number of fused-ring (bicyclic) bond motifs is 2. The van der Waals surface area contributed by atoms with E-state index in [1.165, 1.54) is 6.07 Å². The topological polar surface area (TPSA) is 131 Å². The second-order valence-corrected chi connectivity index (χ2v) is 9.60. The van der Waals surface area contributed by atoms with Crippen molar-refractivity contribution in [3.63, 3.8) is 0 Å². The molecule has 3 atom stereocenters. The van der Waals surface area contributed by atoms with E-state index in [1.807, 2.05) is 12.1 Å². The minimum atomic E-state index is -0.606. The molecule has 8 nitrogen and oxygen atoms in total. The molecular weight excluding hydrogens is 418 g/mol. The normalized spacial score (nSPS) is 23.9. The number of pyridine rings is 1. The van der Waals surface area contributed by atoms with Crippen LogP contribution in [0.25, 0.3) is 0 Å². The third kappa shape index (κ3) is 4.05. The van der Waals surface area contributed by atoms with Crippen LogP contribution in [0.4, 0.5) is 11.5 Å². The van der Waals surface area contributed by atoms with Crippen molar-refractivity contribution in [3.05, 3.63) is 52.7 Å². The van der Waals surface area contributed by atoms with Crippen molar-refractivity contribution in [2.45, 2.75) is 63.6 Å². The van der Waals surface area contributed by atoms with Crippen LogP contribution < -0.4 is 21.7 Å². The second kappa shape index (κ2) is 8.17. The summed E-state index contributed by atoms with van der Waals surface area (Å²) in [4.78, 5) is 43.7. The first-order valence-corrected chi connectivity index (χ1v) is 11.6. The number of piperidine rings is 1. The molecule has 2 aliphatic heterocycles. The zero-order valence-electron chi connectivity index (χ0n) is 18.7. The summed E-state index contributed by atoms with van der Waals surface area (Å²) in [6.07, 6.45) is 7.48. The zero-order valence-corrected chi connectivity index (χ0v) is 18.7. The van der Waals surface area contributed by atoms with E-state index in [9.17, 15) is 14.4 Å². The Morgan fingerprint density at radius 1 is 1.03 bits per heavy atom. The van der Waals surface area contributed by atoms with Crippen molar-refractivity contribution in [2.75, 3.05) is 10.6 Å². The summed E-state index contributed by atoms with van der Waals surface area (Å²) in [5.74, 6) is 0.516. The first-order chi connectivity index (χ1) is 15.8. The summed E-state index contributed by atoms with van der Waals surface area (Å²) in [6.45, 7) is 1.77. The van der Waals surface area contributed by atoms with Gasteiger partial charge in [-0.2, -0.15) is 0 Å². The Balaban J connectivity index is 1.26. The minimum Gasteiger partial charge on any atom is -0.398 e. The van der Waals surface area contributed by atoms with Crippen molar-refractivity contribution >= 4 is 29.1 Å². The number of nitrogens with zero attached hydrogens (tertiary/aromatic N) is 2. The number of aryl methyl sites for hydroxylation is 1. The average Bonchev–Trinajstić information content (AvgIpc) is 3.60. The molecule has 2 amide bonds. The van der Waals surface area contributed by atoms with Crippen LogP contribution in [0.2, 0.25) is 0 Å². The highest BCUT2D eigenvalue weighted by Gasteiger charge is 2.42. The molecule has 1 aromatic carbocycles. The van der Waals surface area contributed by atoms with E-state index in [4.69, 9.17) is 11.5 Å². The molecule has 3 fully saturated rings. The molecule has 0 spiro atoms. The molecule has 0 unspecified atom stereocenters. The number of anilines is 2. The Morgan fingerprint density at radius 3 is 2.30 bits per heavy atom. The number of ketones is 1. The Morgan fingerprint density at radius 2 is 1.73 bits per heavy atom. The highest BCUT2D eigenvalue weighted by Crippen LogP contribution is 2.39. The maximum absolute atomic E-state index is 13.0. The number of hydrogen-bond donors (Lipinski definition) is 3. The molecule has 2 bridgehead atoms. The molecule has 2 aromatic rings. The molecule has 5 rings (SSSR count). The zero-order chi connectivity index (χ0) is 23.3. The van der Waals surface area contributed by atoms with Crippen LogP contribution in [0.1, 0.15) is 75.2 Å². The number of hydrogen-bond acceptors (Lipinski definition) is 6. The van der Waals surface area contributed by atoms with Crippen molar-refractivity contribution < 1.29 is 14.4 Å². The van der Waals surface area contributed by atoms with Gasteiger partial charge in [-0.1, -0.05) is 0 Å². The number of rotatable bonds is 6. The van der Waals surface area contributed by atoms with Crippen LogP contribution in [-0.4, -0.2) is 40.7 Å².